The van der Waals surface area contributed by atoms with Crippen molar-refractivity contribution in [2.75, 3.05) is 26.2 Å². The highest BCUT2D eigenvalue weighted by Gasteiger charge is 2.52. The average Bonchev–Trinajstić information content (AvgIpc) is 3.55. The van der Waals surface area contributed by atoms with E-state index in [9.17, 15) is 14.7 Å². The molecule has 2 aromatic rings. The number of aryl methyl sites for hydroxylation is 1. The van der Waals surface area contributed by atoms with Crippen molar-refractivity contribution in [3.05, 3.63) is 69.7 Å². The number of nitrogens with one attached hydrogen (secondary N) is 1. The average molecular weight is 545 g/mol. The number of carbonyl (C=O) groups is 2. The van der Waals surface area contributed by atoms with Gasteiger partial charge < -0.3 is 15.3 Å². The second kappa shape index (κ2) is 11.3. The molecule has 0 aromatic heterocycles. The largest absolute Gasteiger partial charge is 0.391 e. The van der Waals surface area contributed by atoms with E-state index in [1.165, 1.54) is 0 Å². The third kappa shape index (κ3) is 5.83. The number of hydrogen-bond acceptors (Lipinski definition) is 4. The molecule has 3 fully saturated rings. The molecule has 1 saturated carbocycles. The molecule has 2 amide bonds. The number of benzene rings is 2. The van der Waals surface area contributed by atoms with E-state index in [4.69, 9.17) is 23.2 Å². The summed E-state index contributed by atoms with van der Waals surface area (Å²) >= 11 is 12.2. The minimum Gasteiger partial charge on any atom is -0.391 e. The van der Waals surface area contributed by atoms with Crippen LogP contribution in [-0.4, -0.2) is 65.0 Å². The van der Waals surface area contributed by atoms with Crippen LogP contribution in [0.1, 0.15) is 43.2 Å². The van der Waals surface area contributed by atoms with E-state index >= 15 is 0 Å². The molecule has 8 heteroatoms. The third-order valence-electron chi connectivity index (χ3n) is 8.58. The Bertz CT molecular complexity index is 1130. The van der Waals surface area contributed by atoms with E-state index in [0.29, 0.717) is 67.9 Å². The highest BCUT2D eigenvalue weighted by molar-refractivity contribution is 6.35. The molecule has 0 radical (unpaired) electrons. The second-order valence-electron chi connectivity index (χ2n) is 10.9. The van der Waals surface area contributed by atoms with Crippen LogP contribution in [-0.2, 0) is 22.6 Å². The molecule has 1 aliphatic carbocycles. The monoisotopic (exact) mass is 543 g/mol. The lowest BCUT2D eigenvalue weighted by molar-refractivity contribution is -0.138. The molecule has 37 heavy (non-hydrogen) atoms. The summed E-state index contributed by atoms with van der Waals surface area (Å²) in [5.41, 5.74) is 1.97. The van der Waals surface area contributed by atoms with Gasteiger partial charge >= 0.3 is 0 Å². The molecule has 4 atom stereocenters. The molecule has 6 nitrogen and oxygen atoms in total. The maximum absolute atomic E-state index is 13.7. The van der Waals surface area contributed by atoms with Gasteiger partial charge in [0.25, 0.3) is 0 Å². The van der Waals surface area contributed by atoms with Crippen molar-refractivity contribution in [1.82, 2.24) is 15.1 Å². The first-order chi connectivity index (χ1) is 17.8. The highest BCUT2D eigenvalue weighted by Crippen LogP contribution is 2.48. The van der Waals surface area contributed by atoms with E-state index in [1.807, 2.05) is 29.2 Å². The van der Waals surface area contributed by atoms with Gasteiger partial charge in [0.05, 0.1) is 6.10 Å². The van der Waals surface area contributed by atoms with Crippen LogP contribution in [0, 0.1) is 11.3 Å². The summed E-state index contributed by atoms with van der Waals surface area (Å²) in [6.45, 7) is 3.29. The first-order valence-corrected chi connectivity index (χ1v) is 14.1. The van der Waals surface area contributed by atoms with E-state index in [-0.39, 0.29) is 17.2 Å². The minimum absolute atomic E-state index is 0.00364. The van der Waals surface area contributed by atoms with Crippen LogP contribution < -0.4 is 5.32 Å². The molecule has 2 heterocycles. The molecular weight excluding hydrogens is 509 g/mol. The minimum atomic E-state index is -0.646. The summed E-state index contributed by atoms with van der Waals surface area (Å²) < 4.78 is 0. The highest BCUT2D eigenvalue weighted by atomic mass is 35.5. The molecule has 5 rings (SSSR count). The molecule has 2 aromatic carbocycles. The van der Waals surface area contributed by atoms with Crippen LogP contribution in [0.5, 0.6) is 0 Å². The van der Waals surface area contributed by atoms with Crippen molar-refractivity contribution in [3.8, 4) is 0 Å². The van der Waals surface area contributed by atoms with Gasteiger partial charge in [-0.2, -0.15) is 0 Å². The fourth-order valence-electron chi connectivity index (χ4n) is 6.55. The van der Waals surface area contributed by atoms with Crippen LogP contribution in [0.3, 0.4) is 0 Å². The van der Waals surface area contributed by atoms with Crippen LogP contribution in [0.15, 0.2) is 48.5 Å². The van der Waals surface area contributed by atoms with Gasteiger partial charge in [-0.05, 0) is 54.9 Å². The SMILES string of the molecule is O=C(CCc1ccc(Cl)cc1Cl)NC[C@]12CCC[C@H]1CN(C(=O)[C@@H]1[C@@H](O)CCN1Cc1ccccc1)C2. The first-order valence-electron chi connectivity index (χ1n) is 13.3. The van der Waals surface area contributed by atoms with Gasteiger partial charge in [-0.15, -0.1) is 0 Å². The standard InChI is InChI=1S/C29H35Cl2N3O3/c30-23-10-8-21(24(31)15-23)9-11-26(36)32-18-29-13-4-7-22(29)17-34(19-29)28(37)27-25(35)12-14-33(27)16-20-5-2-1-3-6-20/h1-3,5-6,8,10,15,22,25,27,35H,4,7,9,11-14,16-19H2,(H,32,36)/t22-,25-,27-,29-/m0/s1. The van der Waals surface area contributed by atoms with Crippen LogP contribution >= 0.6 is 23.2 Å². The molecule has 2 saturated heterocycles. The zero-order valence-corrected chi connectivity index (χ0v) is 22.6. The van der Waals surface area contributed by atoms with Crippen molar-refractivity contribution >= 4 is 35.0 Å². The maximum Gasteiger partial charge on any atom is 0.242 e. The number of amides is 2. The smallest absolute Gasteiger partial charge is 0.242 e. The lowest BCUT2D eigenvalue weighted by atomic mass is 9.80. The number of nitrogens with zero attached hydrogens (tertiary/aromatic N) is 2. The van der Waals surface area contributed by atoms with E-state index < -0.39 is 12.1 Å². The molecule has 0 spiro atoms. The number of likely N-dealkylation sites (tertiary alicyclic amines) is 2. The number of rotatable bonds is 8. The topological polar surface area (TPSA) is 72.9 Å². The van der Waals surface area contributed by atoms with Crippen molar-refractivity contribution in [2.45, 2.75) is 57.2 Å². The predicted molar refractivity (Wildman–Crippen MR) is 145 cm³/mol. The van der Waals surface area contributed by atoms with Gasteiger partial charge in [0.2, 0.25) is 11.8 Å². The normalized spacial score (nSPS) is 27.4. The molecule has 0 bridgehead atoms. The van der Waals surface area contributed by atoms with Crippen LogP contribution in [0.2, 0.25) is 10.0 Å². The summed E-state index contributed by atoms with van der Waals surface area (Å²) in [5.74, 6) is 0.401. The Balaban J connectivity index is 1.19. The van der Waals surface area contributed by atoms with Gasteiger partial charge in [-0.1, -0.05) is 66.0 Å². The second-order valence-corrected chi connectivity index (χ2v) is 11.8. The van der Waals surface area contributed by atoms with Crippen molar-refractivity contribution in [1.29, 1.82) is 0 Å². The predicted octanol–water partition coefficient (Wildman–Crippen LogP) is 4.31. The van der Waals surface area contributed by atoms with Crippen LogP contribution in [0.4, 0.5) is 0 Å². The number of hydrogen-bond donors (Lipinski definition) is 2. The Morgan fingerprint density at radius 3 is 2.70 bits per heavy atom. The lowest BCUT2D eigenvalue weighted by Crippen LogP contribution is -2.50. The Kier molecular flexibility index (Phi) is 8.10. The number of halogens is 2. The summed E-state index contributed by atoms with van der Waals surface area (Å²) in [5, 5.41) is 15.1. The molecule has 0 unspecified atom stereocenters. The summed E-state index contributed by atoms with van der Waals surface area (Å²) in [6.07, 6.45) is 4.07. The number of aliphatic hydroxyl groups is 1. The van der Waals surface area contributed by atoms with Crippen molar-refractivity contribution in [2.24, 2.45) is 11.3 Å². The number of carbonyl (C=O) groups excluding carboxylic acids is 2. The molecule has 2 aliphatic heterocycles. The lowest BCUT2D eigenvalue weighted by Gasteiger charge is -2.32. The summed E-state index contributed by atoms with van der Waals surface area (Å²) in [6, 6.07) is 15.0. The van der Waals surface area contributed by atoms with E-state index in [1.54, 1.807) is 12.1 Å². The summed E-state index contributed by atoms with van der Waals surface area (Å²) in [4.78, 5) is 30.5. The molecular formula is C29H35Cl2N3O3. The number of fused-ring (bicyclic) bond motifs is 1. The number of aliphatic hydroxyl groups excluding tert-OH is 1. The third-order valence-corrected chi connectivity index (χ3v) is 9.16. The van der Waals surface area contributed by atoms with Gasteiger partial charge in [0.15, 0.2) is 0 Å². The van der Waals surface area contributed by atoms with Crippen LogP contribution in [0.25, 0.3) is 0 Å². The molecule has 2 N–H and O–H groups in total. The zero-order valence-electron chi connectivity index (χ0n) is 21.0. The van der Waals surface area contributed by atoms with Gasteiger partial charge in [-0.3, -0.25) is 14.5 Å². The summed E-state index contributed by atoms with van der Waals surface area (Å²) in [7, 11) is 0. The first kappa shape index (κ1) is 26.5. The maximum atomic E-state index is 13.7. The Morgan fingerprint density at radius 1 is 1.11 bits per heavy atom. The molecule has 198 valence electrons. The van der Waals surface area contributed by atoms with Crippen molar-refractivity contribution in [3.63, 3.8) is 0 Å². The van der Waals surface area contributed by atoms with Gasteiger partial charge in [0, 0.05) is 54.6 Å². The van der Waals surface area contributed by atoms with E-state index in [2.05, 4.69) is 22.3 Å². The quantitative estimate of drug-likeness (QED) is 0.520. The fourth-order valence-corrected chi connectivity index (χ4v) is 7.05. The van der Waals surface area contributed by atoms with E-state index in [0.717, 1.165) is 30.4 Å². The Morgan fingerprint density at radius 2 is 1.92 bits per heavy atom. The van der Waals surface area contributed by atoms with Gasteiger partial charge in [-0.25, -0.2) is 0 Å². The van der Waals surface area contributed by atoms with Gasteiger partial charge in [0.1, 0.15) is 6.04 Å². The fraction of sp³-hybridized carbons (Fsp3) is 0.517. The Labute approximate surface area is 228 Å². The zero-order chi connectivity index (χ0) is 26.0. The Hall–Kier alpha value is -2.12. The van der Waals surface area contributed by atoms with Crippen molar-refractivity contribution < 1.29 is 14.7 Å². The molecule has 3 aliphatic rings.